The monoisotopic (exact) mass is 371 g/mol. The summed E-state index contributed by atoms with van der Waals surface area (Å²) in [5, 5.41) is 4.20. The molecule has 0 unspecified atom stereocenters. The number of hydrogen-bond donors (Lipinski definition) is 0. The summed E-state index contributed by atoms with van der Waals surface area (Å²) in [5.74, 6) is 0. The molecule has 0 amide bonds. The van der Waals surface area contributed by atoms with Crippen LogP contribution in [0.4, 0.5) is 0 Å². The number of rotatable bonds is 5. The van der Waals surface area contributed by atoms with Crippen LogP contribution in [0.5, 0.6) is 0 Å². The lowest BCUT2D eigenvalue weighted by atomic mass is 10.0. The van der Waals surface area contributed by atoms with E-state index in [9.17, 15) is 0 Å². The maximum Gasteiger partial charge on any atom is 0.138 e. The molecular formula is C22H21N5O. The summed E-state index contributed by atoms with van der Waals surface area (Å²) >= 11 is 0. The maximum atomic E-state index is 5.86. The van der Waals surface area contributed by atoms with Crippen molar-refractivity contribution in [2.24, 2.45) is 0 Å². The van der Waals surface area contributed by atoms with Gasteiger partial charge < -0.3 is 9.30 Å². The van der Waals surface area contributed by atoms with Crippen molar-refractivity contribution in [1.82, 2.24) is 24.3 Å². The fourth-order valence-electron chi connectivity index (χ4n) is 3.75. The smallest absolute Gasteiger partial charge is 0.138 e. The van der Waals surface area contributed by atoms with E-state index < -0.39 is 0 Å². The molecule has 0 N–H and O–H groups in total. The van der Waals surface area contributed by atoms with Crippen molar-refractivity contribution in [2.45, 2.75) is 25.5 Å². The van der Waals surface area contributed by atoms with Gasteiger partial charge >= 0.3 is 0 Å². The molecule has 3 heterocycles. The molecule has 6 nitrogen and oxygen atoms in total. The van der Waals surface area contributed by atoms with Crippen molar-refractivity contribution in [2.75, 3.05) is 6.61 Å². The molecule has 2 aromatic heterocycles. The SMILES string of the molecule is c1ccc(-c2ncn(C[C@@H]3CCCO3)c2-c2ccc(-n3cncn3)cc2)cc1. The van der Waals surface area contributed by atoms with Crippen molar-refractivity contribution in [3.63, 3.8) is 0 Å². The Morgan fingerprint density at radius 1 is 0.964 bits per heavy atom. The van der Waals surface area contributed by atoms with Crippen molar-refractivity contribution >= 4 is 0 Å². The molecule has 1 saturated heterocycles. The van der Waals surface area contributed by atoms with Crippen LogP contribution in [0.25, 0.3) is 28.2 Å². The highest BCUT2D eigenvalue weighted by Crippen LogP contribution is 2.32. The third-order valence-electron chi connectivity index (χ3n) is 5.13. The summed E-state index contributed by atoms with van der Waals surface area (Å²) in [4.78, 5) is 8.78. The number of nitrogens with zero attached hydrogens (tertiary/aromatic N) is 5. The highest BCUT2D eigenvalue weighted by atomic mass is 16.5. The van der Waals surface area contributed by atoms with Crippen LogP contribution in [0.1, 0.15) is 12.8 Å². The molecule has 1 atom stereocenters. The minimum absolute atomic E-state index is 0.256. The molecule has 140 valence electrons. The molecule has 0 bridgehead atoms. The summed E-state index contributed by atoms with van der Waals surface area (Å²) in [5.41, 5.74) is 5.33. The zero-order valence-electron chi connectivity index (χ0n) is 15.5. The average Bonchev–Trinajstić information content (AvgIpc) is 3.51. The Balaban J connectivity index is 1.56. The van der Waals surface area contributed by atoms with E-state index in [2.05, 4.69) is 51.0 Å². The first-order valence-electron chi connectivity index (χ1n) is 9.56. The van der Waals surface area contributed by atoms with E-state index in [0.29, 0.717) is 0 Å². The quantitative estimate of drug-likeness (QED) is 0.532. The molecule has 1 fully saturated rings. The van der Waals surface area contributed by atoms with Gasteiger partial charge in [-0.2, -0.15) is 5.10 Å². The van der Waals surface area contributed by atoms with Crippen LogP contribution in [0.3, 0.4) is 0 Å². The number of aromatic nitrogens is 5. The largest absolute Gasteiger partial charge is 0.376 e. The minimum Gasteiger partial charge on any atom is -0.376 e. The lowest BCUT2D eigenvalue weighted by molar-refractivity contribution is 0.0973. The standard InChI is InChI=1S/C22H21N5O/c1-2-5-17(6-3-1)21-22(26(16-24-21)13-20-7-4-12-28-20)18-8-10-19(11-9-18)27-15-23-14-25-27/h1-3,5-6,8-11,14-16,20H,4,7,12-13H2/t20-/m0/s1. The second kappa shape index (κ2) is 7.40. The number of ether oxygens (including phenoxy) is 1. The lowest BCUT2D eigenvalue weighted by Crippen LogP contribution is -2.15. The van der Waals surface area contributed by atoms with Crippen LogP contribution < -0.4 is 0 Å². The van der Waals surface area contributed by atoms with Crippen molar-refractivity contribution < 1.29 is 4.74 Å². The van der Waals surface area contributed by atoms with Crippen molar-refractivity contribution in [3.05, 3.63) is 73.6 Å². The van der Waals surface area contributed by atoms with E-state index in [1.54, 1.807) is 11.0 Å². The van der Waals surface area contributed by atoms with E-state index in [-0.39, 0.29) is 6.10 Å². The highest BCUT2D eigenvalue weighted by Gasteiger charge is 2.21. The molecule has 0 spiro atoms. The van der Waals surface area contributed by atoms with Gasteiger partial charge in [0.15, 0.2) is 0 Å². The summed E-state index contributed by atoms with van der Waals surface area (Å²) in [6.07, 6.45) is 7.66. The molecule has 2 aromatic carbocycles. The number of benzene rings is 2. The molecule has 1 aliphatic rings. The Kier molecular flexibility index (Phi) is 4.47. The van der Waals surface area contributed by atoms with Gasteiger partial charge in [0.05, 0.1) is 36.1 Å². The molecular weight excluding hydrogens is 350 g/mol. The van der Waals surface area contributed by atoms with Gasteiger partial charge in [-0.15, -0.1) is 0 Å². The summed E-state index contributed by atoms with van der Waals surface area (Å²) in [6.45, 7) is 1.67. The first-order valence-corrected chi connectivity index (χ1v) is 9.56. The second-order valence-electron chi connectivity index (χ2n) is 6.98. The Morgan fingerprint density at radius 2 is 1.82 bits per heavy atom. The normalized spacial score (nSPS) is 16.5. The maximum absolute atomic E-state index is 5.86. The third kappa shape index (κ3) is 3.23. The van der Waals surface area contributed by atoms with Gasteiger partial charge in [0.1, 0.15) is 12.7 Å². The van der Waals surface area contributed by atoms with E-state index in [0.717, 1.165) is 54.2 Å². The summed E-state index contributed by atoms with van der Waals surface area (Å²) in [6, 6.07) is 18.7. The summed E-state index contributed by atoms with van der Waals surface area (Å²) < 4.78 is 9.84. The average molecular weight is 371 g/mol. The fraction of sp³-hybridized carbons (Fsp3) is 0.227. The molecule has 0 saturated carbocycles. The lowest BCUT2D eigenvalue weighted by Gasteiger charge is -2.15. The van der Waals surface area contributed by atoms with Crippen molar-refractivity contribution in [1.29, 1.82) is 0 Å². The molecule has 5 rings (SSSR count). The molecule has 28 heavy (non-hydrogen) atoms. The molecule has 0 aliphatic carbocycles. The van der Waals surface area contributed by atoms with Gasteiger partial charge in [0, 0.05) is 17.7 Å². The molecule has 0 radical (unpaired) electrons. The minimum atomic E-state index is 0.256. The van der Waals surface area contributed by atoms with E-state index in [4.69, 9.17) is 9.72 Å². The highest BCUT2D eigenvalue weighted by molar-refractivity contribution is 5.79. The molecule has 6 heteroatoms. The zero-order valence-corrected chi connectivity index (χ0v) is 15.5. The molecule has 4 aromatic rings. The Morgan fingerprint density at radius 3 is 2.54 bits per heavy atom. The van der Waals surface area contributed by atoms with Crippen LogP contribution in [0, 0.1) is 0 Å². The fourth-order valence-corrected chi connectivity index (χ4v) is 3.75. The Labute approximate surface area is 163 Å². The Bertz CT molecular complexity index is 1030. The Hall–Kier alpha value is -3.25. The first kappa shape index (κ1) is 16.9. The van der Waals surface area contributed by atoms with Gasteiger partial charge in [-0.1, -0.05) is 42.5 Å². The number of hydrogen-bond acceptors (Lipinski definition) is 4. The van der Waals surface area contributed by atoms with Gasteiger partial charge in [-0.05, 0) is 25.0 Å². The van der Waals surface area contributed by atoms with Crippen LogP contribution in [0.2, 0.25) is 0 Å². The van der Waals surface area contributed by atoms with Crippen LogP contribution in [-0.2, 0) is 11.3 Å². The molecule has 1 aliphatic heterocycles. The predicted octanol–water partition coefficient (Wildman–Crippen LogP) is 3.98. The van der Waals surface area contributed by atoms with Gasteiger partial charge in [-0.25, -0.2) is 14.6 Å². The first-order chi connectivity index (χ1) is 13.9. The predicted molar refractivity (Wildman–Crippen MR) is 107 cm³/mol. The van der Waals surface area contributed by atoms with Crippen LogP contribution in [-0.4, -0.2) is 37.0 Å². The topological polar surface area (TPSA) is 57.8 Å². The van der Waals surface area contributed by atoms with Gasteiger partial charge in [0.2, 0.25) is 0 Å². The van der Waals surface area contributed by atoms with E-state index >= 15 is 0 Å². The second-order valence-corrected chi connectivity index (χ2v) is 6.98. The van der Waals surface area contributed by atoms with E-state index in [1.807, 2.05) is 24.5 Å². The van der Waals surface area contributed by atoms with E-state index in [1.165, 1.54) is 6.33 Å². The zero-order chi connectivity index (χ0) is 18.8. The summed E-state index contributed by atoms with van der Waals surface area (Å²) in [7, 11) is 0. The van der Waals surface area contributed by atoms with Crippen LogP contribution in [0.15, 0.2) is 73.6 Å². The van der Waals surface area contributed by atoms with Crippen LogP contribution >= 0.6 is 0 Å². The van der Waals surface area contributed by atoms with Gasteiger partial charge in [0.25, 0.3) is 0 Å². The number of imidazole rings is 1. The third-order valence-corrected chi connectivity index (χ3v) is 5.13. The van der Waals surface area contributed by atoms with Crippen molar-refractivity contribution in [3.8, 4) is 28.2 Å². The van der Waals surface area contributed by atoms with Gasteiger partial charge in [-0.3, -0.25) is 0 Å².